The minimum absolute atomic E-state index is 0.210. The maximum atomic E-state index is 14.1. The lowest BCUT2D eigenvalue weighted by Crippen LogP contribution is -2.44. The molecule has 3 aromatic carbocycles. The number of aromatic nitrogens is 5. The molecule has 1 saturated heterocycles. The number of piperazine rings is 1. The fraction of sp³-hybridized carbons (Fsp3) is 0.294. The number of hydrogen-bond acceptors (Lipinski definition) is 8. The van der Waals surface area contributed by atoms with Crippen LogP contribution in [0.4, 0.5) is 11.6 Å². The van der Waals surface area contributed by atoms with Crippen LogP contribution in [0.1, 0.15) is 17.5 Å². The van der Waals surface area contributed by atoms with Crippen molar-refractivity contribution in [2.75, 3.05) is 51.7 Å². The van der Waals surface area contributed by atoms with E-state index in [4.69, 9.17) is 14.7 Å². The SMILES string of the molecule is Cc1cccc(C)c1-n1c(=O)c2cnc(Nc3cccc(OCCCN4CCN(C)CC4)c3)nc2n2c3ccccc3nc12. The number of ether oxygens (including phenoxy) is 1. The highest BCUT2D eigenvalue weighted by molar-refractivity contribution is 5.88. The van der Waals surface area contributed by atoms with Crippen molar-refractivity contribution in [3.05, 3.63) is 94.4 Å². The summed E-state index contributed by atoms with van der Waals surface area (Å²) in [6, 6.07) is 21.7. The predicted octanol–water partition coefficient (Wildman–Crippen LogP) is 4.96. The van der Waals surface area contributed by atoms with Crippen molar-refractivity contribution < 1.29 is 4.74 Å². The number of aryl methyl sites for hydroxylation is 2. The molecule has 10 heteroatoms. The third-order valence-electron chi connectivity index (χ3n) is 8.39. The topological polar surface area (TPSA) is 92.8 Å². The van der Waals surface area contributed by atoms with Gasteiger partial charge in [0.2, 0.25) is 11.7 Å². The Morgan fingerprint density at radius 3 is 2.50 bits per heavy atom. The van der Waals surface area contributed by atoms with Crippen LogP contribution in [0.5, 0.6) is 5.75 Å². The molecule has 1 aliphatic heterocycles. The molecular formula is C34H36N8O2. The summed E-state index contributed by atoms with van der Waals surface area (Å²) in [6.07, 6.45) is 2.58. The van der Waals surface area contributed by atoms with Gasteiger partial charge >= 0.3 is 0 Å². The van der Waals surface area contributed by atoms with Crippen LogP contribution in [0.15, 0.2) is 77.7 Å². The third kappa shape index (κ3) is 5.27. The van der Waals surface area contributed by atoms with Gasteiger partial charge in [0.05, 0.1) is 23.3 Å². The minimum Gasteiger partial charge on any atom is -0.493 e. The van der Waals surface area contributed by atoms with Gasteiger partial charge in [0.1, 0.15) is 11.1 Å². The minimum atomic E-state index is -0.210. The van der Waals surface area contributed by atoms with Crippen molar-refractivity contribution in [1.82, 2.24) is 33.7 Å². The zero-order valence-corrected chi connectivity index (χ0v) is 25.3. The Morgan fingerprint density at radius 1 is 0.909 bits per heavy atom. The summed E-state index contributed by atoms with van der Waals surface area (Å²) in [5.41, 5.74) is 5.53. The van der Waals surface area contributed by atoms with E-state index in [1.165, 1.54) is 0 Å². The van der Waals surface area contributed by atoms with Gasteiger partial charge in [0.25, 0.3) is 5.56 Å². The molecule has 0 saturated carbocycles. The molecule has 0 aliphatic carbocycles. The number of likely N-dealkylation sites (N-methyl/N-ethyl adjacent to an activating group) is 1. The first-order valence-electron chi connectivity index (χ1n) is 15.1. The van der Waals surface area contributed by atoms with E-state index in [9.17, 15) is 4.79 Å². The van der Waals surface area contributed by atoms with Crippen molar-refractivity contribution in [1.29, 1.82) is 0 Å². The second-order valence-corrected chi connectivity index (χ2v) is 11.5. The maximum absolute atomic E-state index is 14.1. The largest absolute Gasteiger partial charge is 0.493 e. The Bertz CT molecular complexity index is 2020. The van der Waals surface area contributed by atoms with Crippen LogP contribution in [0, 0.1) is 13.8 Å². The average molecular weight is 589 g/mol. The molecule has 3 aromatic heterocycles. The van der Waals surface area contributed by atoms with Gasteiger partial charge in [-0.1, -0.05) is 36.4 Å². The summed E-state index contributed by atoms with van der Waals surface area (Å²) in [5.74, 6) is 1.68. The standard InChI is InChI=1S/C34H36N8O2/c1-23-9-6-10-24(2)30(23)42-32(43)27-22-35-33(38-31(27)41-29-14-5-4-13-28(29)37-34(41)42)36-25-11-7-12-26(21-25)44-20-8-15-40-18-16-39(3)17-19-40/h4-7,9-14,21-22H,8,15-20H2,1-3H3,(H,35,36,38). The molecule has 10 nitrogen and oxygen atoms in total. The van der Waals surface area contributed by atoms with Crippen LogP contribution in [0.2, 0.25) is 0 Å². The third-order valence-corrected chi connectivity index (χ3v) is 8.39. The number of anilines is 2. The van der Waals surface area contributed by atoms with E-state index in [2.05, 4.69) is 27.1 Å². The molecule has 7 rings (SSSR count). The highest BCUT2D eigenvalue weighted by Gasteiger charge is 2.21. The van der Waals surface area contributed by atoms with Crippen molar-refractivity contribution in [3.8, 4) is 11.4 Å². The normalized spacial score (nSPS) is 14.5. The number of nitrogens with one attached hydrogen (secondary N) is 1. The number of hydrogen-bond donors (Lipinski definition) is 1. The maximum Gasteiger partial charge on any atom is 0.270 e. The van der Waals surface area contributed by atoms with Gasteiger partial charge in [-0.05, 0) is 62.7 Å². The van der Waals surface area contributed by atoms with Gasteiger partial charge in [-0.25, -0.2) is 14.5 Å². The fourth-order valence-electron chi connectivity index (χ4n) is 6.04. The molecule has 1 aliphatic rings. The Balaban J connectivity index is 1.20. The first kappa shape index (κ1) is 28.0. The van der Waals surface area contributed by atoms with Crippen molar-refractivity contribution >= 4 is 39.5 Å². The highest BCUT2D eigenvalue weighted by atomic mass is 16.5. The Morgan fingerprint density at radius 2 is 1.68 bits per heavy atom. The number of rotatable bonds is 8. The summed E-state index contributed by atoms with van der Waals surface area (Å²) in [6.45, 7) is 10.2. The molecule has 0 atom stereocenters. The lowest BCUT2D eigenvalue weighted by Gasteiger charge is -2.32. The molecule has 6 aromatic rings. The van der Waals surface area contributed by atoms with Gasteiger partial charge in [-0.2, -0.15) is 4.98 Å². The molecule has 1 N–H and O–H groups in total. The lowest BCUT2D eigenvalue weighted by atomic mass is 10.1. The second kappa shape index (κ2) is 11.7. The van der Waals surface area contributed by atoms with E-state index in [0.29, 0.717) is 29.4 Å². The van der Waals surface area contributed by atoms with Crippen LogP contribution in [0.3, 0.4) is 0 Å². The van der Waals surface area contributed by atoms with Crippen LogP contribution in [-0.4, -0.2) is 80.1 Å². The Kier molecular flexibility index (Phi) is 7.45. The van der Waals surface area contributed by atoms with Gasteiger partial charge in [0.15, 0.2) is 5.65 Å². The molecule has 4 heterocycles. The molecule has 224 valence electrons. The first-order chi connectivity index (χ1) is 21.5. The van der Waals surface area contributed by atoms with E-state index in [1.807, 2.05) is 85.0 Å². The van der Waals surface area contributed by atoms with Crippen LogP contribution >= 0.6 is 0 Å². The molecule has 0 bridgehead atoms. The van der Waals surface area contributed by atoms with E-state index < -0.39 is 0 Å². The van der Waals surface area contributed by atoms with Crippen LogP contribution in [0.25, 0.3) is 33.5 Å². The number of fused-ring (bicyclic) bond motifs is 5. The van der Waals surface area contributed by atoms with Gasteiger partial charge in [0, 0.05) is 50.7 Å². The molecule has 0 unspecified atom stereocenters. The Hall–Kier alpha value is -4.80. The second-order valence-electron chi connectivity index (χ2n) is 11.5. The molecule has 1 fully saturated rings. The van der Waals surface area contributed by atoms with E-state index >= 15 is 0 Å². The van der Waals surface area contributed by atoms with Gasteiger partial charge in [-0.3, -0.25) is 9.20 Å². The molecule has 0 amide bonds. The lowest BCUT2D eigenvalue weighted by molar-refractivity contribution is 0.145. The van der Waals surface area contributed by atoms with E-state index in [-0.39, 0.29) is 5.56 Å². The summed E-state index contributed by atoms with van der Waals surface area (Å²) < 4.78 is 9.72. The smallest absolute Gasteiger partial charge is 0.270 e. The number of imidazole rings is 1. The number of para-hydroxylation sites is 3. The van der Waals surface area contributed by atoms with Crippen molar-refractivity contribution in [3.63, 3.8) is 0 Å². The molecule has 44 heavy (non-hydrogen) atoms. The fourth-order valence-corrected chi connectivity index (χ4v) is 6.04. The zero-order chi connectivity index (χ0) is 30.2. The summed E-state index contributed by atoms with van der Waals surface area (Å²) in [7, 11) is 2.17. The highest BCUT2D eigenvalue weighted by Crippen LogP contribution is 2.26. The summed E-state index contributed by atoms with van der Waals surface area (Å²) >= 11 is 0. The average Bonchev–Trinajstić information content (AvgIpc) is 3.41. The Labute approximate surface area is 255 Å². The van der Waals surface area contributed by atoms with Gasteiger partial charge in [-0.15, -0.1) is 0 Å². The van der Waals surface area contributed by atoms with E-state index in [0.717, 1.165) is 78.4 Å². The molecule has 0 radical (unpaired) electrons. The molecular weight excluding hydrogens is 552 g/mol. The van der Waals surface area contributed by atoms with Gasteiger partial charge < -0.3 is 19.9 Å². The predicted molar refractivity (Wildman–Crippen MR) is 175 cm³/mol. The number of nitrogens with zero attached hydrogens (tertiary/aromatic N) is 7. The quantitative estimate of drug-likeness (QED) is 0.250. The van der Waals surface area contributed by atoms with E-state index in [1.54, 1.807) is 10.8 Å². The summed E-state index contributed by atoms with van der Waals surface area (Å²) in [4.78, 5) is 33.3. The summed E-state index contributed by atoms with van der Waals surface area (Å²) in [5, 5.41) is 3.72. The van der Waals surface area contributed by atoms with Crippen LogP contribution in [-0.2, 0) is 0 Å². The number of benzene rings is 3. The van der Waals surface area contributed by atoms with Crippen LogP contribution < -0.4 is 15.6 Å². The van der Waals surface area contributed by atoms with Crippen molar-refractivity contribution in [2.45, 2.75) is 20.3 Å². The monoisotopic (exact) mass is 588 g/mol. The first-order valence-corrected chi connectivity index (χ1v) is 15.1. The zero-order valence-electron chi connectivity index (χ0n) is 25.3. The molecule has 0 spiro atoms. The van der Waals surface area contributed by atoms with Crippen molar-refractivity contribution in [2.24, 2.45) is 0 Å².